The zero-order chi connectivity index (χ0) is 22.8. The number of hydrogen-bond acceptors (Lipinski definition) is 6. The normalized spacial score (nSPS) is 11.7. The van der Waals surface area contributed by atoms with E-state index in [-0.39, 0.29) is 6.73 Å². The Labute approximate surface area is 182 Å². The number of benzene rings is 2. The summed E-state index contributed by atoms with van der Waals surface area (Å²) < 4.78 is 35.3. The Kier molecular flexibility index (Phi) is 6.86. The van der Waals surface area contributed by atoms with Gasteiger partial charge in [-0.2, -0.15) is 0 Å². The van der Waals surface area contributed by atoms with Crippen molar-refractivity contribution in [2.75, 3.05) is 21.3 Å². The van der Waals surface area contributed by atoms with Gasteiger partial charge in [0.15, 0.2) is 0 Å². The number of imidazole rings is 1. The van der Waals surface area contributed by atoms with Crippen molar-refractivity contribution in [2.24, 2.45) is 0 Å². The Balaban J connectivity index is 2.13. The lowest BCUT2D eigenvalue weighted by molar-refractivity contribution is -0.593. The van der Waals surface area contributed by atoms with Crippen molar-refractivity contribution in [1.82, 2.24) is 4.57 Å². The number of aryl methyl sites for hydroxylation is 3. The van der Waals surface area contributed by atoms with Crippen LogP contribution in [-0.4, -0.2) is 25.9 Å². The van der Waals surface area contributed by atoms with Crippen molar-refractivity contribution in [1.29, 1.82) is 0 Å². The van der Waals surface area contributed by atoms with Crippen LogP contribution in [0.2, 0.25) is 0 Å². The molecule has 0 spiro atoms. The summed E-state index contributed by atoms with van der Waals surface area (Å²) in [6.45, 7) is 5.66. The summed E-state index contributed by atoms with van der Waals surface area (Å²) in [7, 11) is 0.391. The fourth-order valence-electron chi connectivity index (χ4n) is 3.62. The molecule has 1 aromatic heterocycles. The number of rotatable bonds is 8. The van der Waals surface area contributed by atoms with Crippen molar-refractivity contribution in [3.05, 3.63) is 64.6 Å². The van der Waals surface area contributed by atoms with E-state index in [0.29, 0.717) is 22.8 Å². The number of aromatic nitrogens is 2. The van der Waals surface area contributed by atoms with Gasteiger partial charge < -0.3 is 9.94 Å². The zero-order valence-corrected chi connectivity index (χ0v) is 19.4. The summed E-state index contributed by atoms with van der Waals surface area (Å²) in [5, 5.41) is 12.7. The van der Waals surface area contributed by atoms with E-state index in [4.69, 9.17) is 18.3 Å². The van der Waals surface area contributed by atoms with Gasteiger partial charge in [-0.1, -0.05) is 18.2 Å². The molecule has 0 fully saturated rings. The second-order valence-corrected chi connectivity index (χ2v) is 8.98. The summed E-state index contributed by atoms with van der Waals surface area (Å²) in [6, 6.07) is 11.6. The highest BCUT2D eigenvalue weighted by molar-refractivity contribution is 7.48. The Hall–Kier alpha value is -2.64. The largest absolute Gasteiger partial charge is 0.710 e. The summed E-state index contributed by atoms with van der Waals surface area (Å²) in [5.74, 6) is 1.04. The third kappa shape index (κ3) is 4.52. The first-order valence-corrected chi connectivity index (χ1v) is 11.1. The lowest BCUT2D eigenvalue weighted by atomic mass is 9.93. The van der Waals surface area contributed by atoms with Crippen LogP contribution in [0.5, 0.6) is 5.75 Å². The number of hydrogen-bond donors (Lipinski definition) is 0. The molecule has 0 aliphatic rings. The molecule has 0 aliphatic carbocycles. The predicted molar refractivity (Wildman–Crippen MR) is 118 cm³/mol. The van der Waals surface area contributed by atoms with Crippen LogP contribution in [-0.2, 0) is 24.9 Å². The predicted octanol–water partition coefficient (Wildman–Crippen LogP) is 4.76. The lowest BCUT2D eigenvalue weighted by Crippen LogP contribution is -2.27. The maximum absolute atomic E-state index is 12.7. The molecule has 9 heteroatoms. The number of phosphoric acid groups is 1. The van der Waals surface area contributed by atoms with E-state index in [0.717, 1.165) is 27.0 Å². The van der Waals surface area contributed by atoms with Gasteiger partial charge in [0.2, 0.25) is 6.73 Å². The minimum atomic E-state index is -3.70. The molecule has 0 bridgehead atoms. The first-order valence-electron chi connectivity index (χ1n) is 9.65. The number of nitrogens with zero attached hydrogens (tertiary/aromatic N) is 2. The molecule has 31 heavy (non-hydrogen) atoms. The molecule has 0 N–H and O–H groups in total. The molecule has 0 unspecified atom stereocenters. The van der Waals surface area contributed by atoms with E-state index >= 15 is 0 Å². The van der Waals surface area contributed by atoms with E-state index in [9.17, 15) is 9.77 Å². The molecule has 0 atom stereocenters. The van der Waals surface area contributed by atoms with Crippen LogP contribution in [0.25, 0.3) is 22.5 Å². The van der Waals surface area contributed by atoms with Crippen molar-refractivity contribution >= 4 is 7.82 Å². The molecule has 1 heterocycles. The van der Waals surface area contributed by atoms with Crippen molar-refractivity contribution in [3.8, 4) is 28.3 Å². The van der Waals surface area contributed by atoms with Crippen LogP contribution in [0.4, 0.5) is 0 Å². The summed E-state index contributed by atoms with van der Waals surface area (Å²) in [4.78, 5) is 0. The zero-order valence-electron chi connectivity index (χ0n) is 18.5. The van der Waals surface area contributed by atoms with Gasteiger partial charge in [-0.25, -0.2) is 18.4 Å². The maximum atomic E-state index is 12.7. The third-order valence-corrected chi connectivity index (χ3v) is 6.52. The van der Waals surface area contributed by atoms with E-state index in [2.05, 4.69) is 0 Å². The van der Waals surface area contributed by atoms with Crippen LogP contribution in [0.1, 0.15) is 16.8 Å². The quantitative estimate of drug-likeness (QED) is 0.282. The second-order valence-electron chi connectivity index (χ2n) is 7.10. The van der Waals surface area contributed by atoms with Gasteiger partial charge in [0.25, 0.3) is 5.82 Å². The molecule has 3 aromatic rings. The topological polar surface area (TPSA) is 85.9 Å². The average molecular weight is 446 g/mol. The van der Waals surface area contributed by atoms with Crippen LogP contribution in [0, 0.1) is 26.0 Å². The molecule has 166 valence electrons. The van der Waals surface area contributed by atoms with Crippen LogP contribution in [0.3, 0.4) is 0 Å². The molecule has 0 radical (unpaired) electrons. The minimum Gasteiger partial charge on any atom is -0.710 e. The smallest absolute Gasteiger partial charge is 0.477 e. The summed E-state index contributed by atoms with van der Waals surface area (Å²) >= 11 is 0. The summed E-state index contributed by atoms with van der Waals surface area (Å²) in [6.07, 6.45) is 1.44. The maximum Gasteiger partial charge on any atom is 0.477 e. The fourth-order valence-corrected chi connectivity index (χ4v) is 4.24. The Morgan fingerprint density at radius 2 is 1.68 bits per heavy atom. The fraction of sp³-hybridized carbons (Fsp3) is 0.318. The highest BCUT2D eigenvalue weighted by Gasteiger charge is 2.28. The van der Waals surface area contributed by atoms with Crippen molar-refractivity contribution < 1.29 is 27.6 Å². The molecule has 0 aliphatic heterocycles. The van der Waals surface area contributed by atoms with Crippen molar-refractivity contribution in [2.45, 2.75) is 27.5 Å². The molecule has 8 nitrogen and oxygen atoms in total. The first-order chi connectivity index (χ1) is 14.7. The Morgan fingerprint density at radius 3 is 2.26 bits per heavy atom. The summed E-state index contributed by atoms with van der Waals surface area (Å²) in [5.41, 5.74) is 5.42. The number of phosphoric ester groups is 1. The monoisotopic (exact) mass is 446 g/mol. The molecule has 0 saturated carbocycles. The molecule has 0 amide bonds. The van der Waals surface area contributed by atoms with Gasteiger partial charge in [0, 0.05) is 26.7 Å². The molecule has 0 saturated heterocycles. The molecule has 3 rings (SSSR count). The second kappa shape index (κ2) is 9.24. The van der Waals surface area contributed by atoms with E-state index in [1.807, 2.05) is 50.2 Å². The van der Waals surface area contributed by atoms with Crippen LogP contribution in [0.15, 0.2) is 42.6 Å². The van der Waals surface area contributed by atoms with E-state index < -0.39 is 7.82 Å². The van der Waals surface area contributed by atoms with Gasteiger partial charge in [-0.05, 0) is 48.7 Å². The Bertz CT molecular complexity index is 1110. The van der Waals surface area contributed by atoms with Gasteiger partial charge in [0.1, 0.15) is 17.6 Å². The third-order valence-electron chi connectivity index (χ3n) is 5.19. The first kappa shape index (κ1) is 23.0. The SMILES string of the molecule is COc1ccc(-c2n(COP(=O)(OC)OC)c(C)c[n+]2[O-])cc1-c1c(C)cccc1C. The standard InChI is InChI=1S/C22H27N2O6P/c1-15-8-7-9-16(2)21(15)19-12-18(10-11-20(19)27-4)22-23(17(3)13-24(22)25)14-30-31(26,28-5)29-6/h7-13H,14H2,1-6H3. The van der Waals surface area contributed by atoms with Gasteiger partial charge in [-0.3, -0.25) is 9.05 Å². The lowest BCUT2D eigenvalue weighted by Gasteiger charge is -2.16. The molecule has 2 aromatic carbocycles. The van der Waals surface area contributed by atoms with Crippen molar-refractivity contribution in [3.63, 3.8) is 0 Å². The van der Waals surface area contributed by atoms with Gasteiger partial charge in [-0.15, -0.1) is 0 Å². The highest BCUT2D eigenvalue weighted by Crippen LogP contribution is 2.48. The van der Waals surface area contributed by atoms with Crippen LogP contribution >= 0.6 is 7.82 Å². The molecular formula is C22H27N2O6P. The van der Waals surface area contributed by atoms with E-state index in [1.54, 1.807) is 18.6 Å². The highest BCUT2D eigenvalue weighted by atomic mass is 31.2. The number of ether oxygens (including phenoxy) is 1. The Morgan fingerprint density at radius 1 is 1.03 bits per heavy atom. The van der Waals surface area contributed by atoms with Gasteiger partial charge in [0.05, 0.1) is 12.7 Å². The molecular weight excluding hydrogens is 419 g/mol. The average Bonchev–Trinajstić information content (AvgIpc) is 3.04. The minimum absolute atomic E-state index is 0.180. The van der Waals surface area contributed by atoms with E-state index in [1.165, 1.54) is 20.4 Å². The van der Waals surface area contributed by atoms with Gasteiger partial charge >= 0.3 is 7.82 Å². The van der Waals surface area contributed by atoms with Crippen LogP contribution < -0.4 is 9.47 Å². The number of methoxy groups -OCH3 is 1.